The largest absolute Gasteiger partial charge is 0.353 e. The SMILES string of the molecule is CC1CCC(NC(=O)C2CCCC(C(=O)NC3CCC(C)CC3)C2)CC1. The molecule has 0 heterocycles. The molecule has 4 heteroatoms. The molecule has 26 heavy (non-hydrogen) atoms. The molecule has 3 saturated carbocycles. The van der Waals surface area contributed by atoms with Gasteiger partial charge in [0.05, 0.1) is 0 Å². The fraction of sp³-hybridized carbons (Fsp3) is 0.909. The number of hydrogen-bond acceptors (Lipinski definition) is 2. The molecule has 0 aromatic heterocycles. The molecule has 4 nitrogen and oxygen atoms in total. The summed E-state index contributed by atoms with van der Waals surface area (Å²) in [5, 5.41) is 6.57. The van der Waals surface area contributed by atoms with E-state index in [2.05, 4.69) is 24.5 Å². The van der Waals surface area contributed by atoms with E-state index < -0.39 is 0 Å². The predicted octanol–water partition coefficient (Wildman–Crippen LogP) is 4.18. The maximum absolute atomic E-state index is 12.7. The summed E-state index contributed by atoms with van der Waals surface area (Å²) >= 11 is 0. The van der Waals surface area contributed by atoms with Crippen LogP contribution in [0, 0.1) is 23.7 Å². The molecule has 0 spiro atoms. The van der Waals surface area contributed by atoms with Gasteiger partial charge in [0.2, 0.25) is 11.8 Å². The van der Waals surface area contributed by atoms with E-state index in [0.717, 1.165) is 63.2 Å². The normalized spacial score (nSPS) is 38.4. The molecule has 3 rings (SSSR count). The van der Waals surface area contributed by atoms with Crippen LogP contribution < -0.4 is 10.6 Å². The highest BCUT2D eigenvalue weighted by molar-refractivity contribution is 5.82. The van der Waals surface area contributed by atoms with Gasteiger partial charge in [0.25, 0.3) is 0 Å². The zero-order valence-electron chi connectivity index (χ0n) is 16.8. The van der Waals surface area contributed by atoms with Gasteiger partial charge in [0.15, 0.2) is 0 Å². The summed E-state index contributed by atoms with van der Waals surface area (Å²) in [6.45, 7) is 4.60. The first-order valence-electron chi connectivity index (χ1n) is 11.1. The van der Waals surface area contributed by atoms with Gasteiger partial charge in [0.1, 0.15) is 0 Å². The fourth-order valence-electron chi connectivity index (χ4n) is 5.11. The van der Waals surface area contributed by atoms with Crippen molar-refractivity contribution in [1.82, 2.24) is 10.6 Å². The van der Waals surface area contributed by atoms with Crippen molar-refractivity contribution in [3.8, 4) is 0 Å². The number of carbonyl (C=O) groups is 2. The van der Waals surface area contributed by atoms with Gasteiger partial charge in [-0.2, -0.15) is 0 Å². The molecule has 2 unspecified atom stereocenters. The quantitative estimate of drug-likeness (QED) is 0.788. The van der Waals surface area contributed by atoms with Gasteiger partial charge in [-0.3, -0.25) is 9.59 Å². The summed E-state index contributed by atoms with van der Waals surface area (Å²) in [6.07, 6.45) is 13.0. The zero-order valence-corrected chi connectivity index (χ0v) is 16.8. The van der Waals surface area contributed by atoms with Crippen LogP contribution in [0.25, 0.3) is 0 Å². The maximum Gasteiger partial charge on any atom is 0.223 e. The Balaban J connectivity index is 1.44. The van der Waals surface area contributed by atoms with Crippen molar-refractivity contribution in [1.29, 1.82) is 0 Å². The van der Waals surface area contributed by atoms with Gasteiger partial charge in [0, 0.05) is 23.9 Å². The maximum atomic E-state index is 12.7. The van der Waals surface area contributed by atoms with Crippen molar-refractivity contribution in [2.24, 2.45) is 23.7 Å². The molecule has 148 valence electrons. The standard InChI is InChI=1S/C22H38N2O2/c1-15-6-10-19(11-7-15)23-21(25)17-4-3-5-18(14-17)22(26)24-20-12-8-16(2)9-13-20/h15-20H,3-14H2,1-2H3,(H,23,25)(H,24,26). The Kier molecular flexibility index (Phi) is 6.99. The van der Waals surface area contributed by atoms with Crippen LogP contribution in [0.4, 0.5) is 0 Å². The second-order valence-electron chi connectivity index (χ2n) is 9.49. The van der Waals surface area contributed by atoms with Crippen LogP contribution in [0.15, 0.2) is 0 Å². The van der Waals surface area contributed by atoms with E-state index in [9.17, 15) is 9.59 Å². The number of nitrogens with one attached hydrogen (secondary N) is 2. The number of amides is 2. The van der Waals surface area contributed by atoms with E-state index in [1.807, 2.05) is 0 Å². The monoisotopic (exact) mass is 362 g/mol. The van der Waals surface area contributed by atoms with E-state index in [1.165, 1.54) is 25.7 Å². The fourth-order valence-corrected chi connectivity index (χ4v) is 5.11. The van der Waals surface area contributed by atoms with Crippen molar-refractivity contribution < 1.29 is 9.59 Å². The van der Waals surface area contributed by atoms with Crippen molar-refractivity contribution in [2.45, 2.75) is 103 Å². The Labute approximate surface area is 159 Å². The van der Waals surface area contributed by atoms with E-state index in [-0.39, 0.29) is 23.7 Å². The van der Waals surface area contributed by atoms with Crippen molar-refractivity contribution >= 4 is 11.8 Å². The Morgan fingerprint density at radius 3 is 1.38 bits per heavy atom. The topological polar surface area (TPSA) is 58.2 Å². The number of hydrogen-bond donors (Lipinski definition) is 2. The first-order valence-corrected chi connectivity index (χ1v) is 11.1. The third kappa shape index (κ3) is 5.47. The third-order valence-electron chi connectivity index (χ3n) is 7.14. The van der Waals surface area contributed by atoms with Crippen LogP contribution in [-0.4, -0.2) is 23.9 Å². The molecule has 0 bridgehead atoms. The second kappa shape index (κ2) is 9.23. The van der Waals surface area contributed by atoms with E-state index in [0.29, 0.717) is 12.1 Å². The molecular formula is C22H38N2O2. The molecule has 3 aliphatic carbocycles. The highest BCUT2D eigenvalue weighted by atomic mass is 16.2. The smallest absolute Gasteiger partial charge is 0.223 e. The molecule has 0 aromatic carbocycles. The summed E-state index contributed by atoms with van der Waals surface area (Å²) in [7, 11) is 0. The third-order valence-corrected chi connectivity index (χ3v) is 7.14. The van der Waals surface area contributed by atoms with Crippen LogP contribution in [0.5, 0.6) is 0 Å². The van der Waals surface area contributed by atoms with Crippen LogP contribution in [0.2, 0.25) is 0 Å². The Hall–Kier alpha value is -1.06. The average molecular weight is 363 g/mol. The summed E-state index contributed by atoms with van der Waals surface area (Å²) in [5.74, 6) is 2.07. The van der Waals surface area contributed by atoms with Gasteiger partial charge in [-0.15, -0.1) is 0 Å². The molecule has 3 fully saturated rings. The molecule has 0 aliphatic heterocycles. The Morgan fingerprint density at radius 2 is 1.00 bits per heavy atom. The molecular weight excluding hydrogens is 324 g/mol. The molecule has 2 N–H and O–H groups in total. The number of rotatable bonds is 4. The lowest BCUT2D eigenvalue weighted by molar-refractivity contribution is -0.131. The first-order chi connectivity index (χ1) is 12.5. The molecule has 0 saturated heterocycles. The predicted molar refractivity (Wildman–Crippen MR) is 105 cm³/mol. The van der Waals surface area contributed by atoms with Crippen LogP contribution in [-0.2, 0) is 9.59 Å². The summed E-state index contributed by atoms with van der Waals surface area (Å²) in [6, 6.07) is 0.717. The first kappa shape index (κ1) is 19.7. The van der Waals surface area contributed by atoms with Crippen LogP contribution in [0.3, 0.4) is 0 Å². The van der Waals surface area contributed by atoms with Gasteiger partial charge in [-0.05, 0) is 82.5 Å². The lowest BCUT2D eigenvalue weighted by atomic mass is 9.79. The number of carbonyl (C=O) groups excluding carboxylic acids is 2. The van der Waals surface area contributed by atoms with Gasteiger partial charge in [-0.1, -0.05) is 20.3 Å². The molecule has 2 amide bonds. The van der Waals surface area contributed by atoms with Gasteiger partial charge < -0.3 is 10.6 Å². The van der Waals surface area contributed by atoms with Crippen LogP contribution in [0.1, 0.15) is 90.9 Å². The average Bonchev–Trinajstić information content (AvgIpc) is 2.65. The lowest BCUT2D eigenvalue weighted by Crippen LogP contribution is -2.45. The summed E-state index contributed by atoms with van der Waals surface area (Å²) < 4.78 is 0. The Bertz CT molecular complexity index is 435. The van der Waals surface area contributed by atoms with Gasteiger partial charge in [-0.25, -0.2) is 0 Å². The van der Waals surface area contributed by atoms with Crippen molar-refractivity contribution in [3.63, 3.8) is 0 Å². The van der Waals surface area contributed by atoms with Gasteiger partial charge >= 0.3 is 0 Å². The zero-order chi connectivity index (χ0) is 18.5. The summed E-state index contributed by atoms with van der Waals surface area (Å²) in [5.41, 5.74) is 0. The minimum atomic E-state index is 0.0326. The van der Waals surface area contributed by atoms with Crippen LogP contribution >= 0.6 is 0 Å². The van der Waals surface area contributed by atoms with E-state index >= 15 is 0 Å². The molecule has 3 aliphatic rings. The summed E-state index contributed by atoms with van der Waals surface area (Å²) in [4.78, 5) is 25.4. The minimum absolute atomic E-state index is 0.0326. The lowest BCUT2D eigenvalue weighted by Gasteiger charge is -2.33. The van der Waals surface area contributed by atoms with E-state index in [4.69, 9.17) is 0 Å². The highest BCUT2D eigenvalue weighted by Crippen LogP contribution is 2.31. The second-order valence-corrected chi connectivity index (χ2v) is 9.49. The van der Waals surface area contributed by atoms with E-state index in [1.54, 1.807) is 0 Å². The van der Waals surface area contributed by atoms with Crippen molar-refractivity contribution in [3.05, 3.63) is 0 Å². The van der Waals surface area contributed by atoms with Crippen molar-refractivity contribution in [2.75, 3.05) is 0 Å². The molecule has 0 radical (unpaired) electrons. The highest BCUT2D eigenvalue weighted by Gasteiger charge is 2.33. The molecule has 2 atom stereocenters. The Morgan fingerprint density at radius 1 is 0.615 bits per heavy atom. The molecule has 0 aromatic rings. The minimum Gasteiger partial charge on any atom is -0.353 e.